The summed E-state index contributed by atoms with van der Waals surface area (Å²) >= 11 is 6.26. The van der Waals surface area contributed by atoms with E-state index in [-0.39, 0.29) is 11.3 Å². The van der Waals surface area contributed by atoms with Crippen LogP contribution in [0.5, 0.6) is 0 Å². The fourth-order valence-corrected chi connectivity index (χ4v) is 4.05. The van der Waals surface area contributed by atoms with E-state index in [0.29, 0.717) is 13.1 Å². The summed E-state index contributed by atoms with van der Waals surface area (Å²) in [5.74, 6) is 0.762. The highest BCUT2D eigenvalue weighted by Gasteiger charge is 2.38. The van der Waals surface area contributed by atoms with Crippen molar-refractivity contribution in [3.05, 3.63) is 51.9 Å². The van der Waals surface area contributed by atoms with Crippen LogP contribution < -0.4 is 10.6 Å². The molecule has 0 amide bonds. The van der Waals surface area contributed by atoms with Crippen LogP contribution in [0.1, 0.15) is 75.4 Å². The average molecular weight is 493 g/mol. The molecule has 3 rings (SSSR count). The number of carbonyl (C=O) groups excluding carboxylic acids is 1. The highest BCUT2D eigenvalue weighted by molar-refractivity contribution is 6.28. The van der Waals surface area contributed by atoms with Crippen LogP contribution in [0.4, 0.5) is 10.2 Å². The first kappa shape index (κ1) is 28.1. The van der Waals surface area contributed by atoms with Crippen molar-refractivity contribution >= 4 is 23.7 Å². The average Bonchev–Trinajstić information content (AvgIpc) is 2.80. The van der Waals surface area contributed by atoms with E-state index in [1.807, 2.05) is 24.3 Å². The van der Waals surface area contributed by atoms with Gasteiger partial charge < -0.3 is 20.2 Å². The van der Waals surface area contributed by atoms with Gasteiger partial charge in [-0.3, -0.25) is 0 Å². The Morgan fingerprint density at radius 3 is 2.62 bits per heavy atom. The molecule has 0 spiro atoms. The first-order valence-corrected chi connectivity index (χ1v) is 12.6. The Labute approximate surface area is 208 Å². The molecule has 0 aliphatic carbocycles. The number of unbranched alkanes of at least 4 members (excludes halogenated alkanes) is 1. The fourth-order valence-electron chi connectivity index (χ4n) is 3.86. The smallest absolute Gasteiger partial charge is 0.224 e. The van der Waals surface area contributed by atoms with E-state index in [9.17, 15) is 4.39 Å². The molecular formula is C26H38ClFN4O2. The second-order valence-electron chi connectivity index (χ2n) is 8.49. The number of anilines is 1. The van der Waals surface area contributed by atoms with Crippen molar-refractivity contribution in [2.24, 2.45) is 0 Å². The Morgan fingerprint density at radius 2 is 2.00 bits per heavy atom. The molecule has 2 N–H and O–H groups in total. The molecule has 2 heterocycles. The van der Waals surface area contributed by atoms with Gasteiger partial charge in [0.1, 0.15) is 12.1 Å². The first-order valence-electron chi connectivity index (χ1n) is 12.2. The van der Waals surface area contributed by atoms with Gasteiger partial charge in [0.15, 0.2) is 5.67 Å². The molecule has 1 fully saturated rings. The minimum atomic E-state index is -1.27. The number of nitrogens with one attached hydrogen (secondary N) is 2. The number of aldehydes is 1. The number of carbonyl (C=O) groups is 1. The third kappa shape index (κ3) is 8.00. The SMILES string of the molecule is CC=O.CCCOCCCCc1nc(Cl)nc(NC(C)c2cccc(C3(F)CNC3)c2)c1CC. The molecule has 2 aromatic rings. The van der Waals surface area contributed by atoms with Gasteiger partial charge in [-0.25, -0.2) is 14.4 Å². The zero-order chi connectivity index (χ0) is 25.0. The summed E-state index contributed by atoms with van der Waals surface area (Å²) < 4.78 is 20.4. The second kappa shape index (κ2) is 14.3. The summed E-state index contributed by atoms with van der Waals surface area (Å²) in [5, 5.41) is 6.76. The van der Waals surface area contributed by atoms with Crippen LogP contribution in [0.25, 0.3) is 0 Å². The molecule has 0 radical (unpaired) electrons. The standard InChI is InChI=1S/C24H34ClFN4O.C2H4O/c1-4-12-31-13-7-6-11-21-20(5-2)22(30-23(25)29-21)28-17(3)18-9-8-10-19(14-18)24(26)15-27-16-24;1-2-3/h8-10,14,17,27H,4-7,11-13,15-16H2,1-3H3,(H,28,29,30);2H,1H3. The lowest BCUT2D eigenvalue weighted by Crippen LogP contribution is -2.53. The predicted molar refractivity (Wildman–Crippen MR) is 136 cm³/mol. The molecule has 0 bridgehead atoms. The van der Waals surface area contributed by atoms with Gasteiger partial charge in [-0.05, 0) is 68.7 Å². The van der Waals surface area contributed by atoms with Crippen molar-refractivity contribution in [1.82, 2.24) is 15.3 Å². The van der Waals surface area contributed by atoms with Gasteiger partial charge in [-0.1, -0.05) is 38.1 Å². The molecule has 1 unspecified atom stereocenters. The molecular weight excluding hydrogens is 455 g/mol. The predicted octanol–water partition coefficient (Wildman–Crippen LogP) is 5.59. The van der Waals surface area contributed by atoms with Gasteiger partial charge >= 0.3 is 0 Å². The van der Waals surface area contributed by atoms with E-state index in [1.165, 1.54) is 6.92 Å². The van der Waals surface area contributed by atoms with Gasteiger partial charge in [0.05, 0.1) is 5.69 Å². The van der Waals surface area contributed by atoms with Crippen LogP contribution in [0.2, 0.25) is 5.28 Å². The topological polar surface area (TPSA) is 76.1 Å². The number of hydrogen-bond donors (Lipinski definition) is 2. The highest BCUT2D eigenvalue weighted by atomic mass is 35.5. The summed E-state index contributed by atoms with van der Waals surface area (Å²) in [6.07, 6.45) is 5.44. The maximum atomic E-state index is 14.8. The number of nitrogens with zero attached hydrogens (tertiary/aromatic N) is 2. The van der Waals surface area contributed by atoms with E-state index in [4.69, 9.17) is 21.1 Å². The van der Waals surface area contributed by atoms with Gasteiger partial charge in [0.2, 0.25) is 5.28 Å². The minimum Gasteiger partial charge on any atom is -0.381 e. The largest absolute Gasteiger partial charge is 0.381 e. The number of benzene rings is 1. The summed E-state index contributed by atoms with van der Waals surface area (Å²) in [6, 6.07) is 7.70. The highest BCUT2D eigenvalue weighted by Crippen LogP contribution is 2.32. The van der Waals surface area contributed by atoms with Crippen molar-refractivity contribution in [1.29, 1.82) is 0 Å². The summed E-state index contributed by atoms with van der Waals surface area (Å²) in [6.45, 7) is 10.0. The maximum absolute atomic E-state index is 14.8. The van der Waals surface area contributed by atoms with Crippen LogP contribution in [0.3, 0.4) is 0 Å². The molecule has 8 heteroatoms. The number of alkyl halides is 1. The number of ether oxygens (including phenoxy) is 1. The summed E-state index contributed by atoms with van der Waals surface area (Å²) in [7, 11) is 0. The van der Waals surface area contributed by atoms with E-state index in [0.717, 1.165) is 79.8 Å². The van der Waals surface area contributed by atoms with Crippen LogP contribution in [-0.4, -0.2) is 42.6 Å². The number of aromatic nitrogens is 2. The van der Waals surface area contributed by atoms with Gasteiger partial charge in [0.25, 0.3) is 0 Å². The van der Waals surface area contributed by atoms with E-state index >= 15 is 0 Å². The first-order chi connectivity index (χ1) is 16.4. The summed E-state index contributed by atoms with van der Waals surface area (Å²) in [5.41, 5.74) is 2.56. The van der Waals surface area contributed by atoms with Crippen molar-refractivity contribution in [2.75, 3.05) is 31.6 Å². The van der Waals surface area contributed by atoms with Crippen molar-refractivity contribution in [3.8, 4) is 0 Å². The molecule has 1 aliphatic rings. The third-order valence-electron chi connectivity index (χ3n) is 5.79. The van der Waals surface area contributed by atoms with Crippen LogP contribution in [0, 0.1) is 0 Å². The Kier molecular flexibility index (Phi) is 11.9. The van der Waals surface area contributed by atoms with Crippen LogP contribution in [-0.2, 0) is 28.0 Å². The molecule has 1 aromatic carbocycles. The zero-order valence-corrected chi connectivity index (χ0v) is 21.6. The molecule has 1 aliphatic heterocycles. The number of halogens is 2. The molecule has 1 aromatic heterocycles. The normalized spacial score (nSPS) is 15.0. The lowest BCUT2D eigenvalue weighted by Gasteiger charge is -2.35. The molecule has 1 saturated heterocycles. The van der Waals surface area contributed by atoms with Gasteiger partial charge in [-0.15, -0.1) is 0 Å². The minimum absolute atomic E-state index is 0.0388. The Balaban J connectivity index is 0.00000129. The van der Waals surface area contributed by atoms with E-state index in [1.54, 1.807) is 0 Å². The Bertz CT molecular complexity index is 908. The number of rotatable bonds is 12. The number of hydrogen-bond acceptors (Lipinski definition) is 6. The quantitative estimate of drug-likeness (QED) is 0.228. The molecule has 1 atom stereocenters. The van der Waals surface area contributed by atoms with Crippen molar-refractivity contribution in [3.63, 3.8) is 0 Å². The zero-order valence-electron chi connectivity index (χ0n) is 20.8. The monoisotopic (exact) mass is 492 g/mol. The molecule has 0 saturated carbocycles. The van der Waals surface area contributed by atoms with E-state index < -0.39 is 5.67 Å². The fraction of sp³-hybridized carbons (Fsp3) is 0.577. The Hall–Kier alpha value is -2.09. The lowest BCUT2D eigenvalue weighted by atomic mass is 9.88. The molecule has 188 valence electrons. The Morgan fingerprint density at radius 1 is 1.26 bits per heavy atom. The number of aryl methyl sites for hydroxylation is 1. The van der Waals surface area contributed by atoms with Crippen molar-refractivity contribution < 1.29 is 13.9 Å². The van der Waals surface area contributed by atoms with Gasteiger partial charge in [0, 0.05) is 37.9 Å². The third-order valence-corrected chi connectivity index (χ3v) is 5.96. The molecule has 6 nitrogen and oxygen atoms in total. The van der Waals surface area contributed by atoms with Crippen molar-refractivity contribution in [2.45, 2.75) is 71.5 Å². The van der Waals surface area contributed by atoms with E-state index in [2.05, 4.69) is 41.4 Å². The van der Waals surface area contributed by atoms with Crippen LogP contribution in [0.15, 0.2) is 24.3 Å². The molecule has 34 heavy (non-hydrogen) atoms. The second-order valence-corrected chi connectivity index (χ2v) is 8.82. The maximum Gasteiger partial charge on any atom is 0.224 e. The lowest BCUT2D eigenvalue weighted by molar-refractivity contribution is -0.106. The summed E-state index contributed by atoms with van der Waals surface area (Å²) in [4.78, 5) is 17.8. The van der Waals surface area contributed by atoms with Crippen LogP contribution >= 0.6 is 11.6 Å². The van der Waals surface area contributed by atoms with Gasteiger partial charge in [-0.2, -0.15) is 0 Å².